The normalized spacial score (nSPS) is 13.2. The molecule has 2 heterocycles. The summed E-state index contributed by atoms with van der Waals surface area (Å²) in [5.41, 5.74) is 1.77. The number of amides is 1. The van der Waals surface area contributed by atoms with Gasteiger partial charge in [-0.2, -0.15) is 10.4 Å². The molecule has 0 spiro atoms. The Morgan fingerprint density at radius 2 is 2.00 bits per heavy atom. The summed E-state index contributed by atoms with van der Waals surface area (Å²) in [4.78, 5) is 38.0. The van der Waals surface area contributed by atoms with Crippen LogP contribution >= 0.6 is 11.3 Å². The second-order valence-corrected chi connectivity index (χ2v) is 8.12. The van der Waals surface area contributed by atoms with Crippen LogP contribution in [0.25, 0.3) is 0 Å². The lowest BCUT2D eigenvalue weighted by atomic mass is 10.1. The number of nitrogens with one attached hydrogen (secondary N) is 1. The summed E-state index contributed by atoms with van der Waals surface area (Å²) in [5, 5.41) is 16.7. The molecule has 0 aromatic carbocycles. The molecule has 1 N–H and O–H groups in total. The van der Waals surface area contributed by atoms with E-state index in [4.69, 9.17) is 4.74 Å². The monoisotopic (exact) mass is 414 g/mol. The minimum absolute atomic E-state index is 0.131. The number of nitriles is 1. The van der Waals surface area contributed by atoms with Gasteiger partial charge >= 0.3 is 5.97 Å². The molecule has 0 bridgehead atoms. The summed E-state index contributed by atoms with van der Waals surface area (Å²) in [6.07, 6.45) is 4.98. The number of aryl methyl sites for hydroxylation is 3. The fourth-order valence-electron chi connectivity index (χ4n) is 3.40. The van der Waals surface area contributed by atoms with Crippen LogP contribution in [-0.4, -0.2) is 28.3 Å². The van der Waals surface area contributed by atoms with Crippen LogP contribution in [0.5, 0.6) is 0 Å². The molecule has 0 saturated heterocycles. The number of ether oxygens (including phenoxy) is 1. The highest BCUT2D eigenvalue weighted by Gasteiger charge is 2.23. The van der Waals surface area contributed by atoms with Crippen LogP contribution in [0.2, 0.25) is 0 Å². The van der Waals surface area contributed by atoms with Crippen LogP contribution in [0.3, 0.4) is 0 Å². The van der Waals surface area contributed by atoms with Gasteiger partial charge in [0.25, 0.3) is 11.5 Å². The van der Waals surface area contributed by atoms with E-state index in [0.717, 1.165) is 47.2 Å². The second-order valence-electron chi connectivity index (χ2n) is 7.02. The first-order chi connectivity index (χ1) is 13.8. The molecule has 1 aliphatic rings. The van der Waals surface area contributed by atoms with Crippen LogP contribution < -0.4 is 10.9 Å². The van der Waals surface area contributed by atoms with Gasteiger partial charge in [-0.3, -0.25) is 9.59 Å². The van der Waals surface area contributed by atoms with Crippen molar-refractivity contribution < 1.29 is 14.3 Å². The lowest BCUT2D eigenvalue weighted by Crippen LogP contribution is -2.31. The standard InChI is InChI=1S/C20H22N4O4S/c1-11-12(2)23-24(3)19(26)17(11)20(27)28-10-16(25)22-18-14(9-21)13-7-5-4-6-8-15(13)29-18/h4-8,10H2,1-3H3,(H,22,25). The number of anilines is 1. The van der Waals surface area contributed by atoms with Crippen molar-refractivity contribution in [3.63, 3.8) is 0 Å². The molecule has 0 radical (unpaired) electrons. The molecular formula is C20H22N4O4S. The molecule has 0 unspecified atom stereocenters. The largest absolute Gasteiger partial charge is 0.452 e. The predicted molar refractivity (Wildman–Crippen MR) is 108 cm³/mol. The number of hydrogen-bond donors (Lipinski definition) is 1. The maximum atomic E-state index is 12.4. The second kappa shape index (κ2) is 8.57. The Morgan fingerprint density at radius 1 is 1.28 bits per heavy atom. The number of esters is 1. The third kappa shape index (κ3) is 4.22. The van der Waals surface area contributed by atoms with Gasteiger partial charge in [-0.05, 0) is 50.7 Å². The highest BCUT2D eigenvalue weighted by molar-refractivity contribution is 7.16. The van der Waals surface area contributed by atoms with E-state index in [1.807, 2.05) is 0 Å². The van der Waals surface area contributed by atoms with E-state index in [2.05, 4.69) is 16.5 Å². The number of carbonyl (C=O) groups is 2. The van der Waals surface area contributed by atoms with Gasteiger partial charge in [-0.1, -0.05) is 6.42 Å². The molecule has 1 amide bonds. The van der Waals surface area contributed by atoms with Crippen molar-refractivity contribution in [2.75, 3.05) is 11.9 Å². The Hall–Kier alpha value is -2.99. The fraction of sp³-hybridized carbons (Fsp3) is 0.450. The van der Waals surface area contributed by atoms with Gasteiger partial charge in [0.15, 0.2) is 6.61 Å². The summed E-state index contributed by atoms with van der Waals surface area (Å²) in [7, 11) is 1.45. The van der Waals surface area contributed by atoms with Gasteiger partial charge in [-0.25, -0.2) is 9.48 Å². The Labute approximate surface area is 172 Å². The third-order valence-corrected chi connectivity index (χ3v) is 6.26. The summed E-state index contributed by atoms with van der Waals surface area (Å²) in [6, 6.07) is 2.19. The smallest absolute Gasteiger partial charge is 0.344 e. The first kappa shape index (κ1) is 20.7. The highest BCUT2D eigenvalue weighted by atomic mass is 32.1. The Bertz CT molecular complexity index is 1080. The Balaban J connectivity index is 1.71. The molecule has 0 aliphatic heterocycles. The molecule has 0 fully saturated rings. The lowest BCUT2D eigenvalue weighted by molar-refractivity contribution is -0.119. The first-order valence-electron chi connectivity index (χ1n) is 9.39. The van der Waals surface area contributed by atoms with Crippen molar-refractivity contribution in [1.29, 1.82) is 5.26 Å². The maximum absolute atomic E-state index is 12.4. The molecule has 1 aliphatic carbocycles. The van der Waals surface area contributed by atoms with Gasteiger partial charge in [0.1, 0.15) is 16.6 Å². The quantitative estimate of drug-likeness (QED) is 0.607. The topological polar surface area (TPSA) is 114 Å². The SMILES string of the molecule is Cc1nn(C)c(=O)c(C(=O)OCC(=O)Nc2sc3c(c2C#N)CCCCC3)c1C. The van der Waals surface area contributed by atoms with Gasteiger partial charge in [-0.15, -0.1) is 11.3 Å². The number of hydrogen-bond acceptors (Lipinski definition) is 7. The molecule has 3 rings (SSSR count). The summed E-state index contributed by atoms with van der Waals surface area (Å²) in [5.74, 6) is -1.42. The zero-order valence-electron chi connectivity index (χ0n) is 16.6. The third-order valence-electron chi connectivity index (χ3n) is 5.05. The number of carbonyl (C=O) groups excluding carboxylic acids is 2. The van der Waals surface area contributed by atoms with E-state index in [-0.39, 0.29) is 5.56 Å². The number of nitrogens with zero attached hydrogens (tertiary/aromatic N) is 3. The molecule has 29 heavy (non-hydrogen) atoms. The fourth-order valence-corrected chi connectivity index (χ4v) is 4.66. The minimum atomic E-state index is -0.869. The van der Waals surface area contributed by atoms with Crippen molar-refractivity contribution in [3.05, 3.63) is 43.2 Å². The van der Waals surface area contributed by atoms with Crippen molar-refractivity contribution in [1.82, 2.24) is 9.78 Å². The van der Waals surface area contributed by atoms with Gasteiger partial charge in [0.2, 0.25) is 0 Å². The van der Waals surface area contributed by atoms with Crippen molar-refractivity contribution >= 4 is 28.2 Å². The average molecular weight is 414 g/mol. The van der Waals surface area contributed by atoms with Crippen LogP contribution in [0, 0.1) is 25.2 Å². The number of thiophene rings is 1. The molecule has 8 nitrogen and oxygen atoms in total. The summed E-state index contributed by atoms with van der Waals surface area (Å²) >= 11 is 1.41. The van der Waals surface area contributed by atoms with Crippen LogP contribution in [0.1, 0.15) is 56.9 Å². The molecule has 2 aromatic rings. The minimum Gasteiger partial charge on any atom is -0.452 e. The van der Waals surface area contributed by atoms with E-state index >= 15 is 0 Å². The Morgan fingerprint density at radius 3 is 2.72 bits per heavy atom. The number of fused-ring (bicyclic) bond motifs is 1. The van der Waals surface area contributed by atoms with Crippen molar-refractivity contribution in [2.45, 2.75) is 46.0 Å². The average Bonchev–Trinajstić information content (AvgIpc) is 2.84. The molecule has 2 aromatic heterocycles. The van der Waals surface area contributed by atoms with E-state index in [9.17, 15) is 19.6 Å². The summed E-state index contributed by atoms with van der Waals surface area (Å²) in [6.45, 7) is 2.75. The van der Waals surface area contributed by atoms with E-state index in [1.165, 1.54) is 18.4 Å². The predicted octanol–water partition coefficient (Wildman–Crippen LogP) is 2.39. The van der Waals surface area contributed by atoms with Crippen LogP contribution in [-0.2, 0) is 29.4 Å². The molecule has 0 saturated carbocycles. The van der Waals surface area contributed by atoms with E-state index in [0.29, 0.717) is 21.8 Å². The maximum Gasteiger partial charge on any atom is 0.344 e. The van der Waals surface area contributed by atoms with Crippen LogP contribution in [0.4, 0.5) is 5.00 Å². The van der Waals surface area contributed by atoms with Gasteiger partial charge in [0, 0.05) is 11.9 Å². The van der Waals surface area contributed by atoms with E-state index in [1.54, 1.807) is 13.8 Å². The summed E-state index contributed by atoms with van der Waals surface area (Å²) < 4.78 is 6.13. The first-order valence-corrected chi connectivity index (χ1v) is 10.2. The number of rotatable bonds is 4. The molecule has 9 heteroatoms. The Kier molecular flexibility index (Phi) is 6.13. The van der Waals surface area contributed by atoms with Crippen LogP contribution in [0.15, 0.2) is 4.79 Å². The van der Waals surface area contributed by atoms with Gasteiger partial charge in [0.05, 0.1) is 11.3 Å². The van der Waals surface area contributed by atoms with E-state index < -0.39 is 24.0 Å². The zero-order valence-corrected chi connectivity index (χ0v) is 17.4. The zero-order chi connectivity index (χ0) is 21.1. The van der Waals surface area contributed by atoms with Crippen molar-refractivity contribution in [2.24, 2.45) is 7.05 Å². The highest BCUT2D eigenvalue weighted by Crippen LogP contribution is 2.36. The number of aromatic nitrogens is 2. The van der Waals surface area contributed by atoms with Gasteiger partial charge < -0.3 is 10.1 Å². The van der Waals surface area contributed by atoms with Crippen molar-refractivity contribution in [3.8, 4) is 6.07 Å². The molecule has 0 atom stereocenters. The lowest BCUT2D eigenvalue weighted by Gasteiger charge is -2.10. The molecular weight excluding hydrogens is 392 g/mol. The molecule has 152 valence electrons.